The normalized spacial score (nSPS) is 15.8. The molecule has 2 aromatic heterocycles. The van der Waals surface area contributed by atoms with Gasteiger partial charge in [-0.1, -0.05) is 35.3 Å². The molecule has 0 bridgehead atoms. The van der Waals surface area contributed by atoms with Crippen molar-refractivity contribution >= 4 is 45.7 Å². The van der Waals surface area contributed by atoms with E-state index in [9.17, 15) is 4.79 Å². The minimum Gasteiger partial charge on any atom is -0.357 e. The summed E-state index contributed by atoms with van der Waals surface area (Å²) in [5.74, 6) is -0.108. The Kier molecular flexibility index (Phi) is 5.56. The van der Waals surface area contributed by atoms with Gasteiger partial charge in [0.05, 0.1) is 11.2 Å². The Morgan fingerprint density at radius 3 is 2.48 bits per heavy atom. The number of benzene rings is 1. The number of aromatic amines is 1. The number of halogens is 2. The summed E-state index contributed by atoms with van der Waals surface area (Å²) in [5, 5.41) is 1.57. The molecule has 1 N–H and O–H groups in total. The maximum absolute atomic E-state index is 13.7. The van der Waals surface area contributed by atoms with Crippen molar-refractivity contribution in [2.24, 2.45) is 0 Å². The van der Waals surface area contributed by atoms with Gasteiger partial charge in [0.1, 0.15) is 10.3 Å². The summed E-state index contributed by atoms with van der Waals surface area (Å²) in [7, 11) is 2.11. The molecule has 5 nitrogen and oxygen atoms in total. The Morgan fingerprint density at radius 2 is 1.83 bits per heavy atom. The number of likely N-dealkylation sites (tertiary alicyclic amines) is 1. The number of hydrogen-bond acceptors (Lipinski definition) is 3. The smallest absolute Gasteiger partial charge is 0.258 e. The lowest BCUT2D eigenvalue weighted by molar-refractivity contribution is 0.0964. The van der Waals surface area contributed by atoms with Gasteiger partial charge in [-0.25, -0.2) is 4.98 Å². The van der Waals surface area contributed by atoms with Crippen molar-refractivity contribution in [3.05, 3.63) is 57.5 Å². The number of fused-ring (bicyclic) bond motifs is 1. The molecule has 1 aliphatic rings. The molecular formula is C22H24Cl2N4O. The molecule has 3 heterocycles. The number of carbonyl (C=O) groups excluding carboxylic acids is 1. The van der Waals surface area contributed by atoms with Crippen LogP contribution >= 0.6 is 23.2 Å². The molecule has 0 radical (unpaired) electrons. The molecule has 0 spiro atoms. The molecule has 7 heteroatoms. The molecule has 1 saturated heterocycles. The topological polar surface area (TPSA) is 52.2 Å². The molecule has 1 aliphatic heterocycles. The van der Waals surface area contributed by atoms with Crippen LogP contribution in [-0.2, 0) is 0 Å². The SMILES string of the molecule is Cc1[nH]c2c(N(C(=O)c3cc(Cl)nc(Cl)c3)C3CCN(C)CC3)cccc2c1C. The number of aromatic nitrogens is 2. The number of nitrogens with one attached hydrogen (secondary N) is 1. The van der Waals surface area contributed by atoms with Crippen LogP contribution in [0.15, 0.2) is 30.3 Å². The number of carbonyl (C=O) groups is 1. The summed E-state index contributed by atoms with van der Waals surface area (Å²) in [6.07, 6.45) is 1.81. The first-order chi connectivity index (χ1) is 13.8. The number of rotatable bonds is 3. The van der Waals surface area contributed by atoms with Crippen LogP contribution in [0.4, 0.5) is 5.69 Å². The number of H-pyrrole nitrogens is 1. The predicted octanol–water partition coefficient (Wildman–Crippen LogP) is 5.23. The minimum absolute atomic E-state index is 0.0962. The van der Waals surface area contributed by atoms with Gasteiger partial charge in [-0.3, -0.25) is 4.79 Å². The highest BCUT2D eigenvalue weighted by Crippen LogP contribution is 2.34. The maximum atomic E-state index is 13.7. The zero-order chi connectivity index (χ0) is 20.7. The lowest BCUT2D eigenvalue weighted by Crippen LogP contribution is -2.47. The second-order valence-corrected chi connectivity index (χ2v) is 8.56. The Hall–Kier alpha value is -2.08. The number of aryl methyl sites for hydroxylation is 2. The molecule has 1 amide bonds. The van der Waals surface area contributed by atoms with E-state index in [1.807, 2.05) is 17.0 Å². The first-order valence-corrected chi connectivity index (χ1v) is 10.5. The van der Waals surface area contributed by atoms with E-state index >= 15 is 0 Å². The van der Waals surface area contributed by atoms with E-state index in [2.05, 4.69) is 41.8 Å². The van der Waals surface area contributed by atoms with E-state index in [4.69, 9.17) is 23.2 Å². The molecule has 0 saturated carbocycles. The van der Waals surface area contributed by atoms with Gasteiger partial charge in [-0.05, 0) is 70.6 Å². The third kappa shape index (κ3) is 3.87. The van der Waals surface area contributed by atoms with Crippen molar-refractivity contribution in [3.8, 4) is 0 Å². The molecule has 0 aliphatic carbocycles. The van der Waals surface area contributed by atoms with Crippen LogP contribution in [0.1, 0.15) is 34.5 Å². The van der Waals surface area contributed by atoms with Crippen molar-refractivity contribution in [2.75, 3.05) is 25.0 Å². The zero-order valence-corrected chi connectivity index (χ0v) is 18.3. The van der Waals surface area contributed by atoms with E-state index in [1.54, 1.807) is 12.1 Å². The molecule has 0 atom stereocenters. The fraction of sp³-hybridized carbons (Fsp3) is 0.364. The van der Waals surface area contributed by atoms with Gasteiger partial charge in [-0.2, -0.15) is 0 Å². The maximum Gasteiger partial charge on any atom is 0.258 e. The van der Waals surface area contributed by atoms with Gasteiger partial charge >= 0.3 is 0 Å². The van der Waals surface area contributed by atoms with Crippen LogP contribution in [0.25, 0.3) is 10.9 Å². The summed E-state index contributed by atoms with van der Waals surface area (Å²) < 4.78 is 0. The molecule has 0 unspecified atom stereocenters. The molecule has 4 rings (SSSR count). The monoisotopic (exact) mass is 430 g/mol. The first-order valence-electron chi connectivity index (χ1n) is 9.78. The lowest BCUT2D eigenvalue weighted by Gasteiger charge is -2.37. The average molecular weight is 431 g/mol. The number of hydrogen-bond donors (Lipinski definition) is 1. The Bertz CT molecular complexity index is 1050. The van der Waals surface area contributed by atoms with Crippen LogP contribution in [0.5, 0.6) is 0 Å². The summed E-state index contributed by atoms with van der Waals surface area (Å²) in [6.45, 7) is 6.06. The number of anilines is 1. The van der Waals surface area contributed by atoms with Crippen LogP contribution < -0.4 is 4.90 Å². The second-order valence-electron chi connectivity index (χ2n) is 7.79. The van der Waals surface area contributed by atoms with E-state index in [0.29, 0.717) is 5.56 Å². The standard InChI is InChI=1S/C22H24Cl2N4O/c1-13-14(2)25-21-17(13)5-4-6-18(21)28(16-7-9-27(3)10-8-16)22(29)15-11-19(23)26-20(24)12-15/h4-6,11-12,16,25H,7-10H2,1-3H3. The van der Waals surface area contributed by atoms with E-state index < -0.39 is 0 Å². The predicted molar refractivity (Wildman–Crippen MR) is 119 cm³/mol. The Morgan fingerprint density at radius 1 is 1.17 bits per heavy atom. The molecule has 1 fully saturated rings. The van der Waals surface area contributed by atoms with E-state index in [-0.39, 0.29) is 22.3 Å². The zero-order valence-electron chi connectivity index (χ0n) is 16.8. The highest BCUT2D eigenvalue weighted by Gasteiger charge is 2.31. The largest absolute Gasteiger partial charge is 0.357 e. The first kappa shape index (κ1) is 20.2. The van der Waals surface area contributed by atoms with E-state index in [1.165, 1.54) is 5.56 Å². The highest BCUT2D eigenvalue weighted by molar-refractivity contribution is 6.33. The van der Waals surface area contributed by atoms with Crippen LogP contribution in [0.3, 0.4) is 0 Å². The third-order valence-corrected chi connectivity index (χ3v) is 6.25. The number of piperidine rings is 1. The average Bonchev–Trinajstić information content (AvgIpc) is 2.98. The summed E-state index contributed by atoms with van der Waals surface area (Å²) in [5.41, 5.74) is 4.64. The fourth-order valence-corrected chi connectivity index (χ4v) is 4.58. The molecule has 152 valence electrons. The number of para-hydroxylation sites is 1. The van der Waals surface area contributed by atoms with Gasteiger partial charge in [0.25, 0.3) is 5.91 Å². The van der Waals surface area contributed by atoms with Crippen molar-refractivity contribution < 1.29 is 4.79 Å². The second kappa shape index (κ2) is 7.98. The van der Waals surface area contributed by atoms with Crippen LogP contribution in [0.2, 0.25) is 10.3 Å². The highest BCUT2D eigenvalue weighted by atomic mass is 35.5. The molecule has 1 aromatic carbocycles. The number of nitrogens with zero attached hydrogens (tertiary/aromatic N) is 3. The van der Waals surface area contributed by atoms with Gasteiger partial charge in [-0.15, -0.1) is 0 Å². The van der Waals surface area contributed by atoms with Gasteiger partial charge < -0.3 is 14.8 Å². The molecule has 29 heavy (non-hydrogen) atoms. The van der Waals surface area contributed by atoms with Crippen molar-refractivity contribution in [1.29, 1.82) is 0 Å². The summed E-state index contributed by atoms with van der Waals surface area (Å²) >= 11 is 12.2. The summed E-state index contributed by atoms with van der Waals surface area (Å²) in [4.78, 5) is 25.4. The van der Waals surface area contributed by atoms with Gasteiger partial charge in [0.2, 0.25) is 0 Å². The van der Waals surface area contributed by atoms with Gasteiger partial charge in [0, 0.05) is 22.7 Å². The summed E-state index contributed by atoms with van der Waals surface area (Å²) in [6, 6.07) is 9.39. The van der Waals surface area contributed by atoms with Gasteiger partial charge in [0.15, 0.2) is 0 Å². The Labute approximate surface area is 180 Å². The number of pyridine rings is 1. The minimum atomic E-state index is -0.108. The van der Waals surface area contributed by atoms with E-state index in [0.717, 1.165) is 48.2 Å². The molecule has 3 aromatic rings. The fourth-order valence-electron chi connectivity index (χ4n) is 4.12. The quantitative estimate of drug-likeness (QED) is 0.578. The lowest BCUT2D eigenvalue weighted by atomic mass is 10.0. The third-order valence-electron chi connectivity index (χ3n) is 5.86. The Balaban J connectivity index is 1.85. The molecular weight excluding hydrogens is 407 g/mol. The number of amides is 1. The van der Waals surface area contributed by atoms with Crippen molar-refractivity contribution in [1.82, 2.24) is 14.9 Å². The van der Waals surface area contributed by atoms with Crippen LogP contribution in [0, 0.1) is 13.8 Å². The van der Waals surface area contributed by atoms with Crippen molar-refractivity contribution in [2.45, 2.75) is 32.7 Å². The van der Waals surface area contributed by atoms with Crippen molar-refractivity contribution in [3.63, 3.8) is 0 Å². The van der Waals surface area contributed by atoms with Crippen LogP contribution in [-0.4, -0.2) is 47.0 Å².